The number of carbonyl (C=O) groups excluding carboxylic acids is 2. The molecule has 122 valence electrons. The third-order valence-electron chi connectivity index (χ3n) is 3.92. The first kappa shape index (κ1) is 17.3. The van der Waals surface area contributed by atoms with E-state index in [1.807, 2.05) is 6.07 Å². The van der Waals surface area contributed by atoms with E-state index in [1.165, 1.54) is 0 Å². The molecule has 2 rings (SSSR count). The summed E-state index contributed by atoms with van der Waals surface area (Å²) >= 11 is 5.79. The van der Waals surface area contributed by atoms with Gasteiger partial charge < -0.3 is 10.2 Å². The van der Waals surface area contributed by atoms with Crippen LogP contribution in [0.1, 0.15) is 32.1 Å². The van der Waals surface area contributed by atoms with Gasteiger partial charge in [0.15, 0.2) is 0 Å². The quantitative estimate of drug-likeness (QED) is 0.919. The second-order valence-corrected chi connectivity index (χ2v) is 6.11. The van der Waals surface area contributed by atoms with Crippen LogP contribution >= 0.6 is 11.6 Å². The molecule has 6 heteroatoms. The van der Waals surface area contributed by atoms with E-state index in [2.05, 4.69) is 5.32 Å². The molecule has 1 aliphatic heterocycles. The lowest BCUT2D eigenvalue weighted by atomic mass is 10.1. The van der Waals surface area contributed by atoms with Gasteiger partial charge in [0.25, 0.3) is 0 Å². The Balaban J connectivity index is 1.93. The van der Waals surface area contributed by atoms with Gasteiger partial charge in [-0.1, -0.05) is 24.4 Å². The Morgan fingerprint density at radius 2 is 1.78 bits per heavy atom. The zero-order valence-corrected chi connectivity index (χ0v) is 13.7. The summed E-state index contributed by atoms with van der Waals surface area (Å²) in [6, 6.07) is 8.56. The van der Waals surface area contributed by atoms with Gasteiger partial charge in [-0.25, -0.2) is 0 Å². The van der Waals surface area contributed by atoms with E-state index in [4.69, 9.17) is 11.6 Å². The van der Waals surface area contributed by atoms with Crippen molar-refractivity contribution in [2.45, 2.75) is 32.1 Å². The maximum Gasteiger partial charge on any atom is 0.242 e. The SMILES string of the molecule is N#CC(CC(=O)N1CCCCCC1)C(=O)Nc1ccc(Cl)cc1. The van der Waals surface area contributed by atoms with Crippen molar-refractivity contribution in [2.24, 2.45) is 5.92 Å². The molecule has 1 aliphatic rings. The largest absolute Gasteiger partial charge is 0.343 e. The minimum absolute atomic E-state index is 0.0735. The highest BCUT2D eigenvalue weighted by Crippen LogP contribution is 2.17. The van der Waals surface area contributed by atoms with Crippen molar-refractivity contribution in [1.29, 1.82) is 5.26 Å². The fourth-order valence-corrected chi connectivity index (χ4v) is 2.71. The van der Waals surface area contributed by atoms with Crippen molar-refractivity contribution in [3.8, 4) is 6.07 Å². The summed E-state index contributed by atoms with van der Waals surface area (Å²) in [5, 5.41) is 12.4. The predicted octanol–water partition coefficient (Wildman–Crippen LogP) is 3.21. The molecule has 0 saturated carbocycles. The number of anilines is 1. The van der Waals surface area contributed by atoms with Crippen LogP contribution in [0.3, 0.4) is 0 Å². The number of hydrogen-bond acceptors (Lipinski definition) is 3. The third-order valence-corrected chi connectivity index (χ3v) is 4.17. The Bertz CT molecular complexity index is 587. The third kappa shape index (κ3) is 5.26. The van der Waals surface area contributed by atoms with Crippen LogP contribution in [-0.4, -0.2) is 29.8 Å². The lowest BCUT2D eigenvalue weighted by Gasteiger charge is -2.21. The molecule has 1 unspecified atom stereocenters. The molecule has 23 heavy (non-hydrogen) atoms. The van der Waals surface area contributed by atoms with E-state index in [0.29, 0.717) is 10.7 Å². The molecule has 2 amide bonds. The minimum Gasteiger partial charge on any atom is -0.343 e. The topological polar surface area (TPSA) is 73.2 Å². The lowest BCUT2D eigenvalue weighted by molar-refractivity contribution is -0.134. The number of rotatable bonds is 4. The molecule has 1 saturated heterocycles. The van der Waals surface area contributed by atoms with Crippen molar-refractivity contribution >= 4 is 29.1 Å². The fourth-order valence-electron chi connectivity index (χ4n) is 2.58. The Morgan fingerprint density at radius 3 is 2.35 bits per heavy atom. The van der Waals surface area contributed by atoms with Crippen LogP contribution in [0.15, 0.2) is 24.3 Å². The zero-order valence-electron chi connectivity index (χ0n) is 12.9. The molecule has 1 N–H and O–H groups in total. The average molecular weight is 334 g/mol. The number of likely N-dealkylation sites (tertiary alicyclic amines) is 1. The van der Waals surface area contributed by atoms with Gasteiger partial charge in [-0.3, -0.25) is 9.59 Å². The van der Waals surface area contributed by atoms with Crippen molar-refractivity contribution in [3.05, 3.63) is 29.3 Å². The zero-order chi connectivity index (χ0) is 16.7. The van der Waals surface area contributed by atoms with E-state index in [-0.39, 0.29) is 12.3 Å². The second-order valence-electron chi connectivity index (χ2n) is 5.68. The van der Waals surface area contributed by atoms with E-state index in [9.17, 15) is 14.9 Å². The standard InChI is InChI=1S/C17H20ClN3O2/c18-14-5-7-15(8-6-14)20-17(23)13(12-19)11-16(22)21-9-3-1-2-4-10-21/h5-8,13H,1-4,9-11H2,(H,20,23). The van der Waals surface area contributed by atoms with Gasteiger partial charge in [0.1, 0.15) is 5.92 Å². The van der Waals surface area contributed by atoms with Crippen LogP contribution in [0.2, 0.25) is 5.02 Å². The summed E-state index contributed by atoms with van der Waals surface area (Å²) in [4.78, 5) is 26.2. The van der Waals surface area contributed by atoms with E-state index >= 15 is 0 Å². The van der Waals surface area contributed by atoms with Gasteiger partial charge in [0, 0.05) is 23.8 Å². The maximum absolute atomic E-state index is 12.3. The van der Waals surface area contributed by atoms with E-state index in [1.54, 1.807) is 29.2 Å². The van der Waals surface area contributed by atoms with Crippen LogP contribution in [0, 0.1) is 17.2 Å². The highest BCUT2D eigenvalue weighted by Gasteiger charge is 2.25. The van der Waals surface area contributed by atoms with Gasteiger partial charge >= 0.3 is 0 Å². The van der Waals surface area contributed by atoms with Crippen molar-refractivity contribution < 1.29 is 9.59 Å². The summed E-state index contributed by atoms with van der Waals surface area (Å²) in [5.74, 6) is -1.57. The van der Waals surface area contributed by atoms with Gasteiger partial charge in [-0.2, -0.15) is 5.26 Å². The summed E-state index contributed by atoms with van der Waals surface area (Å²) in [7, 11) is 0. The highest BCUT2D eigenvalue weighted by molar-refractivity contribution is 6.30. The fraction of sp³-hybridized carbons (Fsp3) is 0.471. The summed E-state index contributed by atoms with van der Waals surface area (Å²) in [5.41, 5.74) is 0.557. The molecular weight excluding hydrogens is 314 g/mol. The Morgan fingerprint density at radius 1 is 1.17 bits per heavy atom. The number of nitrogens with zero attached hydrogens (tertiary/aromatic N) is 2. The Kier molecular flexibility index (Phi) is 6.42. The lowest BCUT2D eigenvalue weighted by Crippen LogP contribution is -2.35. The van der Waals surface area contributed by atoms with Crippen LogP contribution in [0.4, 0.5) is 5.69 Å². The molecule has 1 heterocycles. The molecule has 0 spiro atoms. The monoisotopic (exact) mass is 333 g/mol. The summed E-state index contributed by atoms with van der Waals surface area (Å²) in [6.45, 7) is 1.44. The number of hydrogen-bond donors (Lipinski definition) is 1. The first-order valence-electron chi connectivity index (χ1n) is 7.84. The number of nitriles is 1. The average Bonchev–Trinajstić information content (AvgIpc) is 2.83. The highest BCUT2D eigenvalue weighted by atomic mass is 35.5. The van der Waals surface area contributed by atoms with Crippen LogP contribution in [0.25, 0.3) is 0 Å². The first-order chi connectivity index (χ1) is 11.1. The molecule has 0 radical (unpaired) electrons. The molecule has 1 atom stereocenters. The number of amides is 2. The first-order valence-corrected chi connectivity index (χ1v) is 8.22. The molecule has 0 bridgehead atoms. The van der Waals surface area contributed by atoms with Gasteiger partial charge in [0.2, 0.25) is 11.8 Å². The summed E-state index contributed by atoms with van der Waals surface area (Å²) in [6.07, 6.45) is 4.15. The van der Waals surface area contributed by atoms with E-state index < -0.39 is 11.8 Å². The van der Waals surface area contributed by atoms with Gasteiger partial charge in [-0.05, 0) is 37.1 Å². The Hall–Kier alpha value is -2.06. The summed E-state index contributed by atoms with van der Waals surface area (Å²) < 4.78 is 0. The number of nitrogens with one attached hydrogen (secondary N) is 1. The number of carbonyl (C=O) groups is 2. The molecular formula is C17H20ClN3O2. The smallest absolute Gasteiger partial charge is 0.242 e. The number of benzene rings is 1. The van der Waals surface area contributed by atoms with Gasteiger partial charge in [-0.15, -0.1) is 0 Å². The van der Waals surface area contributed by atoms with Gasteiger partial charge in [0.05, 0.1) is 12.5 Å². The van der Waals surface area contributed by atoms with E-state index in [0.717, 1.165) is 38.8 Å². The van der Waals surface area contributed by atoms with Crippen LogP contribution in [-0.2, 0) is 9.59 Å². The maximum atomic E-state index is 12.3. The molecule has 5 nitrogen and oxygen atoms in total. The minimum atomic E-state index is -0.985. The predicted molar refractivity (Wildman–Crippen MR) is 88.8 cm³/mol. The van der Waals surface area contributed by atoms with Crippen molar-refractivity contribution in [2.75, 3.05) is 18.4 Å². The van der Waals surface area contributed by atoms with Crippen LogP contribution in [0.5, 0.6) is 0 Å². The molecule has 0 aliphatic carbocycles. The molecule has 0 aromatic heterocycles. The normalized spacial score (nSPS) is 16.1. The Labute approximate surface area is 141 Å². The van der Waals surface area contributed by atoms with Crippen molar-refractivity contribution in [3.63, 3.8) is 0 Å². The van der Waals surface area contributed by atoms with Crippen LogP contribution < -0.4 is 5.32 Å². The number of halogens is 1. The second kappa shape index (κ2) is 8.54. The molecule has 1 fully saturated rings. The van der Waals surface area contributed by atoms with Crippen molar-refractivity contribution in [1.82, 2.24) is 4.90 Å². The molecule has 1 aromatic carbocycles. The molecule has 1 aromatic rings.